The van der Waals surface area contributed by atoms with Crippen LogP contribution in [-0.2, 0) is 0 Å². The van der Waals surface area contributed by atoms with Crippen LogP contribution in [0.25, 0.3) is 71.3 Å². The van der Waals surface area contributed by atoms with E-state index < -0.39 is 0 Å². The number of fused-ring (bicyclic) bond motifs is 7. The van der Waals surface area contributed by atoms with Crippen LogP contribution < -0.4 is 0 Å². The van der Waals surface area contributed by atoms with E-state index in [1.807, 2.05) is 11.8 Å². The summed E-state index contributed by atoms with van der Waals surface area (Å²) in [6.07, 6.45) is 9.33. The third-order valence-corrected chi connectivity index (χ3v) is 11.3. The van der Waals surface area contributed by atoms with Gasteiger partial charge in [-0.25, -0.2) is 0 Å². The fraction of sp³-hybridized carbons (Fsp3) is 0.0435. The van der Waals surface area contributed by atoms with Crippen LogP contribution in [0, 0.1) is 5.92 Å². The molecule has 0 spiro atoms. The molecule has 1 aliphatic heterocycles. The molecule has 0 bridgehead atoms. The van der Waals surface area contributed by atoms with Gasteiger partial charge in [0.2, 0.25) is 0 Å². The number of rotatable bonds is 3. The molecule has 0 amide bonds. The van der Waals surface area contributed by atoms with Crippen molar-refractivity contribution in [3.8, 4) is 16.8 Å². The largest absolute Gasteiger partial charge is 0.309 e. The van der Waals surface area contributed by atoms with Gasteiger partial charge in [-0.3, -0.25) is 0 Å². The molecule has 0 saturated heterocycles. The van der Waals surface area contributed by atoms with Gasteiger partial charge in [0.25, 0.3) is 0 Å². The van der Waals surface area contributed by atoms with Gasteiger partial charge in [-0.15, -0.1) is 0 Å². The van der Waals surface area contributed by atoms with Crippen molar-refractivity contribution in [2.24, 2.45) is 5.92 Å². The first-order valence-corrected chi connectivity index (χ1v) is 17.5. The number of allylic oxidation sites excluding steroid dienone is 6. The van der Waals surface area contributed by atoms with Crippen molar-refractivity contribution in [1.29, 1.82) is 0 Å². The fourth-order valence-corrected chi connectivity index (χ4v) is 8.97. The Morgan fingerprint density at radius 2 is 1.38 bits per heavy atom. The van der Waals surface area contributed by atoms with Crippen LogP contribution in [0.1, 0.15) is 18.1 Å². The van der Waals surface area contributed by atoms with Crippen molar-refractivity contribution in [3.63, 3.8) is 0 Å². The van der Waals surface area contributed by atoms with E-state index in [1.165, 1.54) is 92.2 Å². The standard InChI is InChI=1S/C46H31NS/c1-29-17-18-30(33-23-26-43-41(27-33)38-14-7-9-32-10-8-16-44(48-43)45(32)38)21-24-36(29)34-20-19-31-22-25-39-37-13-5-6-15-42(37)47(46(39)40(31)28-34)35-11-3-2-4-12-35/h2-29H,1H3/t29-/m0/s1. The van der Waals surface area contributed by atoms with Gasteiger partial charge >= 0.3 is 0 Å². The molecule has 8 aromatic rings. The predicted molar refractivity (Wildman–Crippen MR) is 206 cm³/mol. The monoisotopic (exact) mass is 629 g/mol. The maximum Gasteiger partial charge on any atom is 0.0619 e. The molecule has 226 valence electrons. The Balaban J connectivity index is 1.11. The SMILES string of the molecule is C[C@H]1C=CC(c2ccc3c(c2)-c2cccc4cccc(c24)S3)=CC=C1c1ccc2ccc3c4ccccc4n(-c4ccccc4)c3c2c1. The highest BCUT2D eigenvalue weighted by Crippen LogP contribution is 2.48. The van der Waals surface area contributed by atoms with Gasteiger partial charge in [-0.05, 0) is 92.6 Å². The number of nitrogens with zero attached hydrogens (tertiary/aromatic N) is 1. The average Bonchev–Trinajstić information content (AvgIpc) is 3.36. The van der Waals surface area contributed by atoms with E-state index in [0.29, 0.717) is 0 Å². The molecule has 1 aromatic heterocycles. The topological polar surface area (TPSA) is 4.93 Å². The van der Waals surface area contributed by atoms with Gasteiger partial charge in [0.15, 0.2) is 0 Å². The molecule has 0 radical (unpaired) electrons. The Morgan fingerprint density at radius 3 is 2.29 bits per heavy atom. The quantitative estimate of drug-likeness (QED) is 0.188. The summed E-state index contributed by atoms with van der Waals surface area (Å²) in [6.45, 7) is 2.31. The summed E-state index contributed by atoms with van der Waals surface area (Å²) in [5, 5.41) is 7.77. The summed E-state index contributed by atoms with van der Waals surface area (Å²) in [5.74, 6) is 0.268. The minimum Gasteiger partial charge on any atom is -0.309 e. The first kappa shape index (κ1) is 27.5. The third kappa shape index (κ3) is 4.19. The van der Waals surface area contributed by atoms with Crippen LogP contribution >= 0.6 is 11.8 Å². The van der Waals surface area contributed by atoms with Crippen LogP contribution in [0.3, 0.4) is 0 Å². The Kier molecular flexibility index (Phi) is 6.16. The lowest BCUT2D eigenvalue weighted by Crippen LogP contribution is -1.96. The van der Waals surface area contributed by atoms with Gasteiger partial charge in [-0.1, -0.05) is 140 Å². The van der Waals surface area contributed by atoms with Gasteiger partial charge in [-0.2, -0.15) is 0 Å². The maximum atomic E-state index is 2.44. The van der Waals surface area contributed by atoms with Gasteiger partial charge in [0, 0.05) is 37.0 Å². The van der Waals surface area contributed by atoms with Crippen LogP contribution in [0.4, 0.5) is 0 Å². The summed E-state index contributed by atoms with van der Waals surface area (Å²) < 4.78 is 2.44. The Bertz CT molecular complexity index is 2700. The minimum absolute atomic E-state index is 0.268. The molecule has 0 unspecified atom stereocenters. The fourth-order valence-electron chi connectivity index (χ4n) is 7.84. The predicted octanol–water partition coefficient (Wildman–Crippen LogP) is 12.9. The minimum atomic E-state index is 0.268. The van der Waals surface area contributed by atoms with E-state index in [1.54, 1.807) is 0 Å². The van der Waals surface area contributed by atoms with Crippen LogP contribution in [-0.4, -0.2) is 4.57 Å². The summed E-state index contributed by atoms with van der Waals surface area (Å²) >= 11 is 1.88. The van der Waals surface area contributed by atoms with E-state index >= 15 is 0 Å². The van der Waals surface area contributed by atoms with E-state index in [2.05, 4.69) is 175 Å². The maximum absolute atomic E-state index is 2.44. The van der Waals surface area contributed by atoms with Crippen molar-refractivity contribution in [2.75, 3.05) is 0 Å². The molecule has 2 heterocycles. The molecule has 1 aliphatic carbocycles. The highest BCUT2D eigenvalue weighted by molar-refractivity contribution is 7.99. The van der Waals surface area contributed by atoms with Crippen molar-refractivity contribution < 1.29 is 0 Å². The zero-order chi connectivity index (χ0) is 31.8. The molecule has 7 aromatic carbocycles. The molecule has 1 nitrogen and oxygen atoms in total. The summed E-state index contributed by atoms with van der Waals surface area (Å²) in [7, 11) is 0. The summed E-state index contributed by atoms with van der Waals surface area (Å²) in [5.41, 5.74) is 11.4. The second kappa shape index (κ2) is 10.7. The molecule has 0 saturated carbocycles. The van der Waals surface area contributed by atoms with Gasteiger partial charge < -0.3 is 4.57 Å². The number of aromatic nitrogens is 1. The summed E-state index contributed by atoms with van der Waals surface area (Å²) in [6, 6.07) is 51.4. The molecule has 1 atom stereocenters. The molecule has 0 fully saturated rings. The Labute approximate surface area is 284 Å². The number of hydrogen-bond acceptors (Lipinski definition) is 1. The first-order valence-electron chi connectivity index (χ1n) is 16.7. The van der Waals surface area contributed by atoms with Crippen molar-refractivity contribution in [3.05, 3.63) is 175 Å². The van der Waals surface area contributed by atoms with Crippen molar-refractivity contribution in [1.82, 2.24) is 4.57 Å². The molecule has 48 heavy (non-hydrogen) atoms. The van der Waals surface area contributed by atoms with E-state index in [0.717, 1.165) is 0 Å². The number of hydrogen-bond donors (Lipinski definition) is 0. The van der Waals surface area contributed by atoms with E-state index in [-0.39, 0.29) is 5.92 Å². The Morgan fingerprint density at radius 1 is 0.562 bits per heavy atom. The number of benzene rings is 7. The average molecular weight is 630 g/mol. The molecule has 2 aliphatic rings. The smallest absolute Gasteiger partial charge is 0.0619 e. The highest BCUT2D eigenvalue weighted by atomic mass is 32.2. The molecule has 0 N–H and O–H groups in total. The zero-order valence-electron chi connectivity index (χ0n) is 26.5. The lowest BCUT2D eigenvalue weighted by Gasteiger charge is -2.21. The molecular formula is C46H31NS. The van der Waals surface area contributed by atoms with E-state index in [4.69, 9.17) is 0 Å². The van der Waals surface area contributed by atoms with Crippen molar-refractivity contribution in [2.45, 2.75) is 16.7 Å². The first-order chi connectivity index (χ1) is 23.7. The Hall–Kier alpha value is -5.57. The molecular weight excluding hydrogens is 599 g/mol. The third-order valence-electron chi connectivity index (χ3n) is 10.2. The lowest BCUT2D eigenvalue weighted by molar-refractivity contribution is 0.967. The van der Waals surface area contributed by atoms with E-state index in [9.17, 15) is 0 Å². The van der Waals surface area contributed by atoms with Crippen LogP contribution in [0.15, 0.2) is 174 Å². The zero-order valence-corrected chi connectivity index (χ0v) is 27.3. The summed E-state index contributed by atoms with van der Waals surface area (Å²) in [4.78, 5) is 2.67. The van der Waals surface area contributed by atoms with Crippen molar-refractivity contribution >= 4 is 66.3 Å². The second-order valence-corrected chi connectivity index (χ2v) is 14.0. The molecule has 2 heteroatoms. The second-order valence-electron chi connectivity index (χ2n) is 13.0. The van der Waals surface area contributed by atoms with Crippen LogP contribution in [0.5, 0.6) is 0 Å². The van der Waals surface area contributed by atoms with Crippen LogP contribution in [0.2, 0.25) is 0 Å². The normalized spacial score (nSPS) is 15.5. The highest BCUT2D eigenvalue weighted by Gasteiger charge is 2.21. The van der Waals surface area contributed by atoms with Gasteiger partial charge in [0.1, 0.15) is 0 Å². The molecule has 10 rings (SSSR count). The lowest BCUT2D eigenvalue weighted by atomic mass is 9.91. The number of para-hydroxylation sites is 2. The van der Waals surface area contributed by atoms with Gasteiger partial charge in [0.05, 0.1) is 11.0 Å².